The van der Waals surface area contributed by atoms with Gasteiger partial charge in [-0.15, -0.1) is 0 Å². The summed E-state index contributed by atoms with van der Waals surface area (Å²) in [4.78, 5) is 32.4. The van der Waals surface area contributed by atoms with Crippen molar-refractivity contribution < 1.29 is 0 Å². The van der Waals surface area contributed by atoms with Crippen LogP contribution in [0.2, 0.25) is 0 Å². The Balaban J connectivity index is 1.77. The molecule has 0 aliphatic carbocycles. The van der Waals surface area contributed by atoms with Crippen LogP contribution in [0.15, 0.2) is 46.0 Å². The van der Waals surface area contributed by atoms with Crippen LogP contribution in [0.5, 0.6) is 0 Å². The van der Waals surface area contributed by atoms with Gasteiger partial charge in [-0.05, 0) is 31.5 Å². The third-order valence-electron chi connectivity index (χ3n) is 5.64. The molecule has 7 nitrogen and oxygen atoms in total. The van der Waals surface area contributed by atoms with Crippen LogP contribution in [0.25, 0.3) is 17.2 Å². The van der Waals surface area contributed by atoms with Gasteiger partial charge in [-0.3, -0.25) is 18.8 Å². The van der Waals surface area contributed by atoms with Crippen LogP contribution in [-0.2, 0) is 27.2 Å². The van der Waals surface area contributed by atoms with E-state index in [-0.39, 0.29) is 11.2 Å². The highest BCUT2D eigenvalue weighted by Crippen LogP contribution is 2.17. The fourth-order valence-electron chi connectivity index (χ4n) is 3.98. The molecular formula is C22H27N5O2. The van der Waals surface area contributed by atoms with Crippen molar-refractivity contribution in [1.29, 1.82) is 0 Å². The third-order valence-corrected chi connectivity index (χ3v) is 5.64. The number of fused-ring (bicyclic) bond motifs is 1. The van der Waals surface area contributed by atoms with Crippen molar-refractivity contribution in [3.05, 3.63) is 68.6 Å². The van der Waals surface area contributed by atoms with Crippen LogP contribution in [0.1, 0.15) is 30.7 Å². The lowest BCUT2D eigenvalue weighted by Crippen LogP contribution is -2.37. The maximum absolute atomic E-state index is 12.9. The van der Waals surface area contributed by atoms with Gasteiger partial charge < -0.3 is 4.57 Å². The first-order valence-electron chi connectivity index (χ1n) is 10.2. The average Bonchev–Trinajstić information content (AvgIpc) is 3.10. The highest BCUT2D eigenvalue weighted by atomic mass is 16.2. The second-order valence-corrected chi connectivity index (χ2v) is 7.67. The van der Waals surface area contributed by atoms with Gasteiger partial charge in [0.25, 0.3) is 5.56 Å². The first kappa shape index (κ1) is 19.4. The van der Waals surface area contributed by atoms with E-state index in [9.17, 15) is 9.59 Å². The largest absolute Gasteiger partial charge is 0.332 e. The Morgan fingerprint density at radius 2 is 1.72 bits per heavy atom. The number of imidazole rings is 1. The number of benzene rings is 1. The Hall–Kier alpha value is -2.93. The zero-order valence-corrected chi connectivity index (χ0v) is 17.0. The van der Waals surface area contributed by atoms with Gasteiger partial charge in [0.2, 0.25) is 0 Å². The molecule has 3 heterocycles. The molecule has 0 amide bonds. The minimum atomic E-state index is -0.350. The topological polar surface area (TPSA) is 65.1 Å². The molecule has 3 aromatic rings. The van der Waals surface area contributed by atoms with Crippen molar-refractivity contribution in [2.45, 2.75) is 32.4 Å². The molecule has 2 aromatic heterocycles. The smallest absolute Gasteiger partial charge is 0.317 e. The van der Waals surface area contributed by atoms with Crippen molar-refractivity contribution in [3.63, 3.8) is 0 Å². The number of nitrogens with zero attached hydrogens (tertiary/aromatic N) is 5. The van der Waals surface area contributed by atoms with E-state index in [1.54, 1.807) is 7.05 Å². The molecule has 0 atom stereocenters. The summed E-state index contributed by atoms with van der Waals surface area (Å²) in [5.74, 6) is 0.831. The Kier molecular flexibility index (Phi) is 5.49. The molecule has 7 heteroatoms. The molecule has 1 fully saturated rings. The number of rotatable bonds is 5. The van der Waals surface area contributed by atoms with Crippen LogP contribution in [-0.4, -0.2) is 36.7 Å². The summed E-state index contributed by atoms with van der Waals surface area (Å²) in [7, 11) is 3.19. The van der Waals surface area contributed by atoms with Gasteiger partial charge >= 0.3 is 5.69 Å². The van der Waals surface area contributed by atoms with Gasteiger partial charge in [0.15, 0.2) is 11.2 Å². The number of piperidine rings is 1. The highest BCUT2D eigenvalue weighted by Gasteiger charge is 2.20. The van der Waals surface area contributed by atoms with Gasteiger partial charge in [-0.1, -0.05) is 48.9 Å². The Morgan fingerprint density at radius 3 is 2.45 bits per heavy atom. The molecule has 0 spiro atoms. The predicted molar refractivity (Wildman–Crippen MR) is 115 cm³/mol. The monoisotopic (exact) mass is 393 g/mol. The summed E-state index contributed by atoms with van der Waals surface area (Å²) >= 11 is 0. The minimum absolute atomic E-state index is 0.298. The molecule has 0 unspecified atom stereocenters. The normalized spacial score (nSPS) is 15.5. The van der Waals surface area contributed by atoms with Gasteiger partial charge in [-0.25, -0.2) is 9.78 Å². The fraction of sp³-hybridized carbons (Fsp3) is 0.409. The van der Waals surface area contributed by atoms with E-state index in [2.05, 4.69) is 4.90 Å². The number of aromatic nitrogens is 4. The summed E-state index contributed by atoms with van der Waals surface area (Å²) in [5.41, 5.74) is 1.40. The summed E-state index contributed by atoms with van der Waals surface area (Å²) in [5, 5.41) is 0. The van der Waals surface area contributed by atoms with Crippen molar-refractivity contribution in [2.24, 2.45) is 14.1 Å². The van der Waals surface area contributed by atoms with E-state index in [4.69, 9.17) is 4.98 Å². The molecule has 1 aliphatic heterocycles. The summed E-state index contributed by atoms with van der Waals surface area (Å²) in [6.45, 7) is 3.30. The predicted octanol–water partition coefficient (Wildman–Crippen LogP) is 2.13. The number of hydrogen-bond donors (Lipinski definition) is 0. The van der Waals surface area contributed by atoms with E-state index in [0.29, 0.717) is 24.3 Å². The van der Waals surface area contributed by atoms with Crippen LogP contribution < -0.4 is 11.2 Å². The van der Waals surface area contributed by atoms with E-state index in [0.717, 1.165) is 29.0 Å². The van der Waals surface area contributed by atoms with Crippen LogP contribution in [0.3, 0.4) is 0 Å². The summed E-state index contributed by atoms with van der Waals surface area (Å²) in [6, 6.07) is 10.1. The summed E-state index contributed by atoms with van der Waals surface area (Å²) < 4.78 is 4.59. The lowest BCUT2D eigenvalue weighted by molar-refractivity contribution is 0.214. The Bertz CT molecular complexity index is 1150. The Labute approximate surface area is 169 Å². The molecule has 0 N–H and O–H groups in total. The number of allylic oxidation sites excluding steroid dienone is 1. The lowest BCUT2D eigenvalue weighted by Gasteiger charge is -2.26. The maximum atomic E-state index is 12.9. The van der Waals surface area contributed by atoms with Gasteiger partial charge in [0, 0.05) is 20.6 Å². The van der Waals surface area contributed by atoms with E-state index in [1.807, 2.05) is 47.1 Å². The standard InChI is InChI=1S/C22H27N5O2/c1-24-20-19(21(28)25(2)22(24)29)27(15-9-12-17-10-5-3-6-11-17)18(23-20)16-26-13-7-4-8-14-26/h3,5-6,9-12H,4,7-8,13-16H2,1-2H3. The average molecular weight is 393 g/mol. The van der Waals surface area contributed by atoms with Gasteiger partial charge in [0.05, 0.1) is 6.54 Å². The molecular weight excluding hydrogens is 366 g/mol. The molecule has 1 saturated heterocycles. The molecule has 0 saturated carbocycles. The van der Waals surface area contributed by atoms with Crippen LogP contribution >= 0.6 is 0 Å². The van der Waals surface area contributed by atoms with E-state index >= 15 is 0 Å². The van der Waals surface area contributed by atoms with Crippen molar-refractivity contribution >= 4 is 17.2 Å². The summed E-state index contributed by atoms with van der Waals surface area (Å²) in [6.07, 6.45) is 7.73. The van der Waals surface area contributed by atoms with Gasteiger partial charge in [0.1, 0.15) is 5.82 Å². The molecule has 29 heavy (non-hydrogen) atoms. The molecule has 4 rings (SSSR count). The lowest BCUT2D eigenvalue weighted by atomic mass is 10.1. The minimum Gasteiger partial charge on any atom is -0.317 e. The van der Waals surface area contributed by atoms with E-state index < -0.39 is 0 Å². The van der Waals surface area contributed by atoms with E-state index in [1.165, 1.54) is 30.9 Å². The van der Waals surface area contributed by atoms with Gasteiger partial charge in [-0.2, -0.15) is 0 Å². The van der Waals surface area contributed by atoms with Crippen molar-refractivity contribution in [2.75, 3.05) is 13.1 Å². The SMILES string of the molecule is Cn1c(=O)c2c(nc(CN3CCCCC3)n2CC=Cc2ccccc2)n(C)c1=O. The molecule has 0 radical (unpaired) electrons. The fourth-order valence-corrected chi connectivity index (χ4v) is 3.98. The van der Waals surface area contributed by atoms with Crippen LogP contribution in [0.4, 0.5) is 0 Å². The molecule has 0 bridgehead atoms. The number of hydrogen-bond acceptors (Lipinski definition) is 4. The zero-order valence-electron chi connectivity index (χ0n) is 17.0. The third kappa shape index (κ3) is 3.82. The molecule has 1 aromatic carbocycles. The molecule has 1 aliphatic rings. The van der Waals surface area contributed by atoms with Crippen molar-refractivity contribution in [1.82, 2.24) is 23.6 Å². The second kappa shape index (κ2) is 8.21. The Morgan fingerprint density at radius 1 is 1.00 bits per heavy atom. The van der Waals surface area contributed by atoms with Crippen molar-refractivity contribution in [3.8, 4) is 0 Å². The first-order valence-corrected chi connectivity index (χ1v) is 10.2. The maximum Gasteiger partial charge on any atom is 0.332 e. The highest BCUT2D eigenvalue weighted by molar-refractivity contribution is 5.71. The quantitative estimate of drug-likeness (QED) is 0.666. The first-order chi connectivity index (χ1) is 14.1. The second-order valence-electron chi connectivity index (χ2n) is 7.67. The number of likely N-dealkylation sites (tertiary alicyclic amines) is 1. The molecule has 152 valence electrons. The van der Waals surface area contributed by atoms with Crippen LogP contribution in [0, 0.1) is 0 Å². The number of aryl methyl sites for hydroxylation is 1. The zero-order chi connectivity index (χ0) is 20.4.